The van der Waals surface area contributed by atoms with E-state index >= 15 is 0 Å². The Morgan fingerprint density at radius 2 is 1.47 bits per heavy atom. The lowest BCUT2D eigenvalue weighted by Crippen LogP contribution is -2.41. The van der Waals surface area contributed by atoms with Crippen molar-refractivity contribution >= 4 is 15.9 Å². The molecule has 3 aromatic rings. The van der Waals surface area contributed by atoms with E-state index in [0.29, 0.717) is 37.4 Å². The maximum atomic E-state index is 13.2. The van der Waals surface area contributed by atoms with Gasteiger partial charge in [0.2, 0.25) is 10.0 Å². The molecule has 0 aromatic heterocycles. The lowest BCUT2D eigenvalue weighted by molar-refractivity contribution is 0.0730. The van der Waals surface area contributed by atoms with Crippen LogP contribution in [-0.2, 0) is 14.8 Å². The van der Waals surface area contributed by atoms with Gasteiger partial charge in [0.15, 0.2) is 0 Å². The molecule has 0 saturated carbocycles. The average molecular weight is 451 g/mol. The Balaban J connectivity index is 1.65. The summed E-state index contributed by atoms with van der Waals surface area (Å²) in [7, 11) is -3.71. The van der Waals surface area contributed by atoms with Gasteiger partial charge in [-0.3, -0.25) is 4.79 Å². The zero-order chi connectivity index (χ0) is 22.6. The molecule has 3 aromatic carbocycles. The molecule has 1 amide bonds. The molecule has 1 aliphatic heterocycles. The van der Waals surface area contributed by atoms with Crippen LogP contribution >= 0.6 is 0 Å². The molecule has 1 N–H and O–H groups in total. The summed E-state index contributed by atoms with van der Waals surface area (Å²) in [5.41, 5.74) is 2.80. The van der Waals surface area contributed by atoms with Crippen LogP contribution in [0.25, 0.3) is 0 Å². The number of hydrogen-bond donors (Lipinski definition) is 1. The van der Waals surface area contributed by atoms with E-state index in [4.69, 9.17) is 4.74 Å². The smallest absolute Gasteiger partial charge is 0.252 e. The van der Waals surface area contributed by atoms with Gasteiger partial charge in [-0.1, -0.05) is 66.7 Å². The van der Waals surface area contributed by atoms with Gasteiger partial charge in [0.25, 0.3) is 5.91 Å². The average Bonchev–Trinajstić information content (AvgIpc) is 2.84. The molecule has 4 rings (SSSR count). The molecule has 1 fully saturated rings. The lowest BCUT2D eigenvalue weighted by atomic mass is 9.98. The van der Waals surface area contributed by atoms with Crippen molar-refractivity contribution < 1.29 is 17.9 Å². The molecule has 166 valence electrons. The number of nitrogens with one attached hydrogen (secondary N) is 1. The lowest BCUT2D eigenvalue weighted by Gasteiger charge is -2.27. The van der Waals surface area contributed by atoms with Crippen molar-refractivity contribution in [2.75, 3.05) is 26.3 Å². The Bertz CT molecular complexity index is 1140. The monoisotopic (exact) mass is 450 g/mol. The predicted molar refractivity (Wildman–Crippen MR) is 123 cm³/mol. The molecule has 1 aliphatic rings. The summed E-state index contributed by atoms with van der Waals surface area (Å²) in [4.78, 5) is 13.4. The van der Waals surface area contributed by atoms with Gasteiger partial charge < -0.3 is 10.1 Å². The van der Waals surface area contributed by atoms with Crippen LogP contribution in [0.15, 0.2) is 83.8 Å². The molecule has 1 saturated heterocycles. The van der Waals surface area contributed by atoms with Gasteiger partial charge >= 0.3 is 0 Å². The number of nitrogens with zero attached hydrogens (tertiary/aromatic N) is 1. The van der Waals surface area contributed by atoms with Crippen molar-refractivity contribution in [3.05, 3.63) is 101 Å². The Labute approximate surface area is 188 Å². The van der Waals surface area contributed by atoms with Crippen molar-refractivity contribution in [1.82, 2.24) is 9.62 Å². The van der Waals surface area contributed by atoms with Crippen LogP contribution in [0.2, 0.25) is 0 Å². The highest BCUT2D eigenvalue weighted by Crippen LogP contribution is 2.25. The highest BCUT2D eigenvalue weighted by molar-refractivity contribution is 7.89. The van der Waals surface area contributed by atoms with Crippen LogP contribution in [-0.4, -0.2) is 44.9 Å². The third-order valence-electron chi connectivity index (χ3n) is 5.58. The van der Waals surface area contributed by atoms with Crippen LogP contribution in [0, 0.1) is 6.92 Å². The summed E-state index contributed by atoms with van der Waals surface area (Å²) in [5.74, 6) is -0.332. The fourth-order valence-electron chi connectivity index (χ4n) is 3.81. The number of ether oxygens (including phenoxy) is 1. The first kappa shape index (κ1) is 22.2. The SMILES string of the molecule is Cc1ccc(C(=O)NC(c2ccccc2)c2ccccc2)cc1S(=O)(=O)N1CCOCC1. The zero-order valence-electron chi connectivity index (χ0n) is 17.9. The minimum atomic E-state index is -3.71. The van der Waals surface area contributed by atoms with Gasteiger partial charge in [0, 0.05) is 18.7 Å². The quantitative estimate of drug-likeness (QED) is 0.623. The molecular weight excluding hydrogens is 424 g/mol. The summed E-state index contributed by atoms with van der Waals surface area (Å²) in [6, 6.07) is 23.9. The Hall–Kier alpha value is -3.00. The summed E-state index contributed by atoms with van der Waals surface area (Å²) in [6.07, 6.45) is 0. The van der Waals surface area contributed by atoms with Crippen molar-refractivity contribution in [3.8, 4) is 0 Å². The second kappa shape index (κ2) is 9.65. The summed E-state index contributed by atoms with van der Waals surface area (Å²) in [5, 5.41) is 3.08. The highest BCUT2D eigenvalue weighted by Gasteiger charge is 2.29. The van der Waals surface area contributed by atoms with E-state index in [2.05, 4.69) is 5.32 Å². The van der Waals surface area contributed by atoms with Crippen LogP contribution in [0.3, 0.4) is 0 Å². The molecule has 0 radical (unpaired) electrons. The minimum absolute atomic E-state index is 0.156. The molecule has 32 heavy (non-hydrogen) atoms. The van der Waals surface area contributed by atoms with E-state index in [0.717, 1.165) is 11.1 Å². The van der Waals surface area contributed by atoms with Crippen molar-refractivity contribution in [1.29, 1.82) is 0 Å². The largest absolute Gasteiger partial charge is 0.379 e. The molecule has 1 heterocycles. The second-order valence-electron chi connectivity index (χ2n) is 7.72. The highest BCUT2D eigenvalue weighted by atomic mass is 32.2. The minimum Gasteiger partial charge on any atom is -0.379 e. The van der Waals surface area contributed by atoms with E-state index < -0.39 is 10.0 Å². The van der Waals surface area contributed by atoms with E-state index in [1.807, 2.05) is 60.7 Å². The number of benzene rings is 3. The fraction of sp³-hybridized carbons (Fsp3) is 0.240. The first-order valence-corrected chi connectivity index (χ1v) is 12.0. The number of carbonyl (C=O) groups excluding carboxylic acids is 1. The number of amides is 1. The van der Waals surface area contributed by atoms with Gasteiger partial charge in [-0.25, -0.2) is 8.42 Å². The Kier molecular flexibility index (Phi) is 6.69. The molecule has 6 nitrogen and oxygen atoms in total. The number of carbonyl (C=O) groups is 1. The normalized spacial score (nSPS) is 14.9. The van der Waals surface area contributed by atoms with E-state index in [9.17, 15) is 13.2 Å². The standard InChI is InChI=1S/C25H26N2O4S/c1-19-12-13-22(18-23(19)32(29,30)27-14-16-31-17-15-27)25(28)26-24(20-8-4-2-5-9-20)21-10-6-3-7-11-21/h2-13,18,24H,14-17H2,1H3,(H,26,28). The Morgan fingerprint density at radius 1 is 0.906 bits per heavy atom. The van der Waals surface area contributed by atoms with Crippen molar-refractivity contribution in [2.24, 2.45) is 0 Å². The third kappa shape index (κ3) is 4.75. The van der Waals surface area contributed by atoms with Gasteiger partial charge in [-0.2, -0.15) is 4.31 Å². The van der Waals surface area contributed by atoms with Crippen molar-refractivity contribution in [2.45, 2.75) is 17.9 Å². The van der Waals surface area contributed by atoms with Crippen LogP contribution in [0.4, 0.5) is 0 Å². The first-order valence-electron chi connectivity index (χ1n) is 10.6. The molecular formula is C25H26N2O4S. The molecule has 0 unspecified atom stereocenters. The van der Waals surface area contributed by atoms with Crippen LogP contribution < -0.4 is 5.32 Å². The van der Waals surface area contributed by atoms with Gasteiger partial charge in [0.05, 0.1) is 24.2 Å². The maximum absolute atomic E-state index is 13.2. The summed E-state index contributed by atoms with van der Waals surface area (Å²) < 4.78 is 33.1. The maximum Gasteiger partial charge on any atom is 0.252 e. The predicted octanol–water partition coefficient (Wildman–Crippen LogP) is 3.54. The fourth-order valence-corrected chi connectivity index (χ4v) is 5.47. The second-order valence-corrected chi connectivity index (χ2v) is 9.63. The Morgan fingerprint density at radius 3 is 2.03 bits per heavy atom. The van der Waals surface area contributed by atoms with Gasteiger partial charge in [-0.15, -0.1) is 0 Å². The molecule has 7 heteroatoms. The van der Waals surface area contributed by atoms with Gasteiger partial charge in [-0.05, 0) is 35.7 Å². The first-order chi connectivity index (χ1) is 15.5. The van der Waals surface area contributed by atoms with E-state index in [-0.39, 0.29) is 16.8 Å². The zero-order valence-corrected chi connectivity index (χ0v) is 18.7. The number of rotatable bonds is 6. The summed E-state index contributed by atoms with van der Waals surface area (Å²) >= 11 is 0. The molecule has 0 aliphatic carbocycles. The topological polar surface area (TPSA) is 75.7 Å². The van der Waals surface area contributed by atoms with Crippen molar-refractivity contribution in [3.63, 3.8) is 0 Å². The van der Waals surface area contributed by atoms with E-state index in [1.165, 1.54) is 10.4 Å². The number of aryl methyl sites for hydroxylation is 1. The third-order valence-corrected chi connectivity index (χ3v) is 7.62. The molecule has 0 bridgehead atoms. The molecule has 0 spiro atoms. The number of morpholine rings is 1. The van der Waals surface area contributed by atoms with Gasteiger partial charge in [0.1, 0.15) is 0 Å². The van der Waals surface area contributed by atoms with Crippen LogP contribution in [0.1, 0.15) is 33.1 Å². The molecule has 0 atom stereocenters. The number of hydrogen-bond acceptors (Lipinski definition) is 4. The van der Waals surface area contributed by atoms with Crippen LogP contribution in [0.5, 0.6) is 0 Å². The summed E-state index contributed by atoms with van der Waals surface area (Å²) in [6.45, 7) is 3.10. The van der Waals surface area contributed by atoms with E-state index in [1.54, 1.807) is 19.1 Å². The number of sulfonamides is 1.